The smallest absolute Gasteiger partial charge is 0.242 e. The highest BCUT2D eigenvalue weighted by Gasteiger charge is 2.22. The molecule has 6 heteroatoms. The van der Waals surface area contributed by atoms with E-state index in [-0.39, 0.29) is 10.9 Å². The van der Waals surface area contributed by atoms with Gasteiger partial charge in [-0.1, -0.05) is 18.3 Å². The van der Waals surface area contributed by atoms with Crippen molar-refractivity contribution in [3.05, 3.63) is 33.9 Å². The number of thioether (sulfide) groups is 1. The first-order chi connectivity index (χ1) is 7.56. The molecule has 0 saturated carbocycles. The fraction of sp³-hybridized carbons (Fsp3) is 0. The molecule has 1 fully saturated rings. The number of nitrogens with one attached hydrogen (secondary N) is 1. The Balaban J connectivity index is 2.32. The number of thiocarbonyl (C=S) groups is 1. The third kappa shape index (κ3) is 2.45. The Labute approximate surface area is 110 Å². The Morgan fingerprint density at radius 3 is 2.81 bits per heavy atom. The maximum Gasteiger partial charge on any atom is 0.242 e. The Bertz CT molecular complexity index is 514. The molecule has 0 spiro atoms. The summed E-state index contributed by atoms with van der Waals surface area (Å²) in [6, 6.07) is 5.00. The van der Waals surface area contributed by atoms with Crippen LogP contribution in [0.4, 0.5) is 0 Å². The topological polar surface area (TPSA) is 49.3 Å². The number of benzene rings is 1. The minimum atomic E-state index is -0.0887. The van der Waals surface area contributed by atoms with Crippen molar-refractivity contribution in [1.29, 1.82) is 0 Å². The molecule has 1 saturated heterocycles. The SMILES string of the molecule is O=C1SC(=S)NC1=Cc1ccc(O)c(Br)c1. The molecule has 2 N–H and O–H groups in total. The molecular weight excluding hydrogens is 310 g/mol. The normalized spacial score (nSPS) is 17.9. The lowest BCUT2D eigenvalue weighted by molar-refractivity contribution is -0.107. The maximum atomic E-state index is 11.4. The molecule has 0 amide bonds. The molecule has 1 aliphatic heterocycles. The van der Waals surface area contributed by atoms with Crippen LogP contribution in [0.5, 0.6) is 5.75 Å². The average molecular weight is 316 g/mol. The second-order valence-corrected chi connectivity index (χ2v) is 5.58. The third-order valence-corrected chi connectivity index (χ3v) is 3.60. The fourth-order valence-electron chi connectivity index (χ4n) is 1.20. The van der Waals surface area contributed by atoms with Gasteiger partial charge in [0.25, 0.3) is 0 Å². The van der Waals surface area contributed by atoms with Crippen molar-refractivity contribution in [3.8, 4) is 5.75 Å². The van der Waals surface area contributed by atoms with Crippen LogP contribution in [0.15, 0.2) is 28.4 Å². The quantitative estimate of drug-likeness (QED) is 0.616. The van der Waals surface area contributed by atoms with Crippen molar-refractivity contribution < 1.29 is 9.90 Å². The summed E-state index contributed by atoms with van der Waals surface area (Å²) < 4.78 is 1.05. The van der Waals surface area contributed by atoms with E-state index in [0.29, 0.717) is 14.5 Å². The number of phenolic OH excluding ortho intramolecular Hbond substituents is 1. The molecule has 3 nitrogen and oxygen atoms in total. The van der Waals surface area contributed by atoms with E-state index in [9.17, 15) is 9.90 Å². The molecule has 82 valence electrons. The molecule has 0 aliphatic carbocycles. The second kappa shape index (κ2) is 4.57. The number of phenols is 1. The van der Waals surface area contributed by atoms with Crippen LogP contribution in [0.2, 0.25) is 0 Å². The number of hydrogen-bond donors (Lipinski definition) is 2. The van der Waals surface area contributed by atoms with E-state index in [4.69, 9.17) is 12.2 Å². The molecule has 0 atom stereocenters. The number of rotatable bonds is 1. The van der Waals surface area contributed by atoms with Crippen LogP contribution >= 0.6 is 39.9 Å². The Morgan fingerprint density at radius 2 is 2.25 bits per heavy atom. The van der Waals surface area contributed by atoms with E-state index in [0.717, 1.165) is 17.3 Å². The standard InChI is InChI=1S/C10H6BrNO2S2/c11-6-3-5(1-2-8(6)13)4-7-9(14)16-10(15)12-7/h1-4,13H,(H,12,15). The summed E-state index contributed by atoms with van der Waals surface area (Å²) in [4.78, 5) is 11.4. The van der Waals surface area contributed by atoms with Crippen molar-refractivity contribution in [2.75, 3.05) is 0 Å². The van der Waals surface area contributed by atoms with Gasteiger partial charge < -0.3 is 10.4 Å². The lowest BCUT2D eigenvalue weighted by Crippen LogP contribution is -2.09. The highest BCUT2D eigenvalue weighted by atomic mass is 79.9. The van der Waals surface area contributed by atoms with Gasteiger partial charge in [-0.3, -0.25) is 4.79 Å². The van der Waals surface area contributed by atoms with Gasteiger partial charge in [0.2, 0.25) is 5.12 Å². The molecule has 1 aromatic carbocycles. The van der Waals surface area contributed by atoms with Gasteiger partial charge in [0.05, 0.1) is 10.2 Å². The molecule has 0 bridgehead atoms. The lowest BCUT2D eigenvalue weighted by atomic mass is 10.2. The summed E-state index contributed by atoms with van der Waals surface area (Å²) in [5, 5.41) is 12.0. The first kappa shape index (κ1) is 11.6. The number of carbonyl (C=O) groups is 1. The minimum absolute atomic E-state index is 0.0887. The first-order valence-electron chi connectivity index (χ1n) is 4.29. The van der Waals surface area contributed by atoms with Crippen LogP contribution in [-0.2, 0) is 4.79 Å². The van der Waals surface area contributed by atoms with Crippen LogP contribution < -0.4 is 5.32 Å². The number of carbonyl (C=O) groups excluding carboxylic acids is 1. The second-order valence-electron chi connectivity index (χ2n) is 3.07. The van der Waals surface area contributed by atoms with E-state index in [1.807, 2.05) is 0 Å². The lowest BCUT2D eigenvalue weighted by Gasteiger charge is -2.00. The fourth-order valence-corrected chi connectivity index (χ4v) is 2.48. The summed E-state index contributed by atoms with van der Waals surface area (Å²) in [5.74, 6) is 0.165. The molecule has 0 radical (unpaired) electrons. The van der Waals surface area contributed by atoms with Crippen molar-refractivity contribution in [2.45, 2.75) is 0 Å². The van der Waals surface area contributed by atoms with Gasteiger partial charge in [-0.05, 0) is 51.5 Å². The number of hydrogen-bond acceptors (Lipinski definition) is 4. The summed E-state index contributed by atoms with van der Waals surface area (Å²) >= 11 is 9.09. The molecule has 2 rings (SSSR count). The van der Waals surface area contributed by atoms with Crippen LogP contribution in [0, 0.1) is 0 Å². The van der Waals surface area contributed by atoms with Crippen molar-refractivity contribution in [3.63, 3.8) is 0 Å². The monoisotopic (exact) mass is 315 g/mol. The molecule has 0 unspecified atom stereocenters. The van der Waals surface area contributed by atoms with Crippen LogP contribution in [0.25, 0.3) is 6.08 Å². The van der Waals surface area contributed by atoms with E-state index < -0.39 is 0 Å². The Morgan fingerprint density at radius 1 is 1.50 bits per heavy atom. The van der Waals surface area contributed by atoms with E-state index in [1.54, 1.807) is 24.3 Å². The predicted octanol–water partition coefficient (Wildman–Crippen LogP) is 2.64. The van der Waals surface area contributed by atoms with Gasteiger partial charge in [-0.2, -0.15) is 0 Å². The van der Waals surface area contributed by atoms with Gasteiger partial charge >= 0.3 is 0 Å². The zero-order valence-electron chi connectivity index (χ0n) is 7.86. The molecule has 16 heavy (non-hydrogen) atoms. The number of aromatic hydroxyl groups is 1. The minimum Gasteiger partial charge on any atom is -0.507 e. The predicted molar refractivity (Wildman–Crippen MR) is 72.1 cm³/mol. The maximum absolute atomic E-state index is 11.4. The van der Waals surface area contributed by atoms with Gasteiger partial charge in [0, 0.05) is 0 Å². The molecular formula is C10H6BrNO2S2. The van der Waals surface area contributed by atoms with E-state index >= 15 is 0 Å². The van der Waals surface area contributed by atoms with Crippen LogP contribution in [-0.4, -0.2) is 14.5 Å². The van der Waals surface area contributed by atoms with Gasteiger partial charge in [-0.25, -0.2) is 0 Å². The van der Waals surface area contributed by atoms with Crippen LogP contribution in [0.3, 0.4) is 0 Å². The molecule has 1 heterocycles. The molecule has 1 aliphatic rings. The molecule has 0 aromatic heterocycles. The first-order valence-corrected chi connectivity index (χ1v) is 6.31. The average Bonchev–Trinajstić information content (AvgIpc) is 2.51. The van der Waals surface area contributed by atoms with Gasteiger partial charge in [-0.15, -0.1) is 0 Å². The third-order valence-electron chi connectivity index (χ3n) is 1.92. The summed E-state index contributed by atoms with van der Waals surface area (Å²) in [6.07, 6.45) is 1.69. The van der Waals surface area contributed by atoms with E-state index in [2.05, 4.69) is 21.2 Å². The Kier molecular flexibility index (Phi) is 3.32. The number of halogens is 1. The van der Waals surface area contributed by atoms with Crippen molar-refractivity contribution >= 4 is 55.4 Å². The van der Waals surface area contributed by atoms with Crippen molar-refractivity contribution in [1.82, 2.24) is 5.32 Å². The highest BCUT2D eigenvalue weighted by Crippen LogP contribution is 2.26. The summed E-state index contributed by atoms with van der Waals surface area (Å²) in [7, 11) is 0. The molecule has 1 aromatic rings. The zero-order valence-corrected chi connectivity index (χ0v) is 11.1. The van der Waals surface area contributed by atoms with E-state index in [1.165, 1.54) is 0 Å². The van der Waals surface area contributed by atoms with Crippen LogP contribution in [0.1, 0.15) is 5.56 Å². The Hall–Kier alpha value is -0.850. The van der Waals surface area contributed by atoms with Gasteiger partial charge in [0.15, 0.2) is 0 Å². The van der Waals surface area contributed by atoms with Crippen molar-refractivity contribution in [2.24, 2.45) is 0 Å². The zero-order chi connectivity index (χ0) is 11.7. The van der Waals surface area contributed by atoms with Gasteiger partial charge in [0.1, 0.15) is 10.1 Å². The highest BCUT2D eigenvalue weighted by molar-refractivity contribution is 9.10. The summed E-state index contributed by atoms with van der Waals surface area (Å²) in [6.45, 7) is 0. The summed E-state index contributed by atoms with van der Waals surface area (Å²) in [5.41, 5.74) is 1.28. The largest absolute Gasteiger partial charge is 0.507 e.